The summed E-state index contributed by atoms with van der Waals surface area (Å²) in [6.07, 6.45) is 7.10. The largest absolute Gasteiger partial charge is 0.327 e. The normalized spacial score (nSPS) is 29.4. The summed E-state index contributed by atoms with van der Waals surface area (Å²) >= 11 is 0. The highest BCUT2D eigenvalue weighted by atomic mass is 16.2. The number of nitrogens with zero attached hydrogens (tertiary/aromatic N) is 4. The van der Waals surface area contributed by atoms with Gasteiger partial charge in [0.1, 0.15) is 5.54 Å². The van der Waals surface area contributed by atoms with Crippen molar-refractivity contribution in [2.24, 2.45) is 0 Å². The molecule has 0 radical (unpaired) electrons. The predicted octanol–water partition coefficient (Wildman–Crippen LogP) is 2.42. The van der Waals surface area contributed by atoms with Crippen molar-refractivity contribution in [3.8, 4) is 0 Å². The number of fused-ring (bicyclic) bond motifs is 1. The van der Waals surface area contributed by atoms with Crippen LogP contribution in [0.25, 0.3) is 0 Å². The SMILES string of the molecule is C[C@H](c1ccncc1)N1CCC(N2C(=O)N3CCC[C@]3(C)C2=O)CC1. The molecular weight excluding hydrogens is 316 g/mol. The average Bonchev–Trinajstić information content (AvgIpc) is 3.12. The fraction of sp³-hybridized carbons (Fsp3) is 0.632. The van der Waals surface area contributed by atoms with Gasteiger partial charge in [-0.15, -0.1) is 0 Å². The van der Waals surface area contributed by atoms with E-state index in [1.165, 1.54) is 5.56 Å². The van der Waals surface area contributed by atoms with Crippen molar-refractivity contribution in [1.82, 2.24) is 19.7 Å². The molecule has 0 aliphatic carbocycles. The lowest BCUT2D eigenvalue weighted by Crippen LogP contribution is -2.49. The maximum absolute atomic E-state index is 12.9. The quantitative estimate of drug-likeness (QED) is 0.792. The van der Waals surface area contributed by atoms with E-state index in [2.05, 4.69) is 28.9 Å². The second-order valence-electron chi connectivity index (χ2n) is 7.71. The number of aromatic nitrogens is 1. The molecule has 25 heavy (non-hydrogen) atoms. The van der Waals surface area contributed by atoms with Crippen LogP contribution < -0.4 is 0 Å². The zero-order valence-electron chi connectivity index (χ0n) is 15.0. The highest BCUT2D eigenvalue weighted by Gasteiger charge is 2.58. The van der Waals surface area contributed by atoms with Gasteiger partial charge in [0.2, 0.25) is 0 Å². The van der Waals surface area contributed by atoms with Gasteiger partial charge in [0.25, 0.3) is 5.91 Å². The van der Waals surface area contributed by atoms with Crippen LogP contribution >= 0.6 is 0 Å². The number of rotatable bonds is 3. The lowest BCUT2D eigenvalue weighted by Gasteiger charge is -2.38. The Labute approximate surface area is 148 Å². The Kier molecular flexibility index (Phi) is 4.02. The fourth-order valence-electron chi connectivity index (χ4n) is 4.67. The summed E-state index contributed by atoms with van der Waals surface area (Å²) in [5, 5.41) is 0. The summed E-state index contributed by atoms with van der Waals surface area (Å²) < 4.78 is 0. The molecule has 0 saturated carbocycles. The molecule has 4 heterocycles. The summed E-state index contributed by atoms with van der Waals surface area (Å²) in [6.45, 7) is 6.67. The Morgan fingerprint density at radius 1 is 1.16 bits per heavy atom. The standard InChI is InChI=1S/C19H26N4O2/c1-14(15-4-9-20-10-5-15)21-12-6-16(7-13-21)23-17(24)19(2)8-3-11-22(19)18(23)25/h4-5,9-10,14,16H,3,6-8,11-13H2,1-2H3/t14-,19-/m1/s1. The Bertz CT molecular complexity index is 671. The summed E-state index contributed by atoms with van der Waals surface area (Å²) in [5.74, 6) is 0.0237. The molecule has 0 spiro atoms. The predicted molar refractivity (Wildman–Crippen MR) is 93.8 cm³/mol. The summed E-state index contributed by atoms with van der Waals surface area (Å²) in [4.78, 5) is 35.5. The third-order valence-electron chi connectivity index (χ3n) is 6.36. The van der Waals surface area contributed by atoms with Gasteiger partial charge < -0.3 is 4.90 Å². The maximum Gasteiger partial charge on any atom is 0.327 e. The molecule has 0 N–H and O–H groups in total. The fourth-order valence-corrected chi connectivity index (χ4v) is 4.67. The lowest BCUT2D eigenvalue weighted by atomic mass is 9.96. The molecule has 0 aromatic carbocycles. The highest BCUT2D eigenvalue weighted by Crippen LogP contribution is 2.39. The van der Waals surface area contributed by atoms with Gasteiger partial charge in [0.05, 0.1) is 0 Å². The van der Waals surface area contributed by atoms with Crippen LogP contribution in [0.1, 0.15) is 51.1 Å². The number of pyridine rings is 1. The molecule has 3 saturated heterocycles. The highest BCUT2D eigenvalue weighted by molar-refractivity contribution is 6.07. The number of imide groups is 1. The first-order chi connectivity index (χ1) is 12.0. The van der Waals surface area contributed by atoms with Crippen molar-refractivity contribution < 1.29 is 9.59 Å². The number of hydrogen-bond acceptors (Lipinski definition) is 4. The van der Waals surface area contributed by atoms with Crippen molar-refractivity contribution in [3.63, 3.8) is 0 Å². The van der Waals surface area contributed by atoms with Gasteiger partial charge in [0.15, 0.2) is 0 Å². The van der Waals surface area contributed by atoms with E-state index in [4.69, 9.17) is 0 Å². The summed E-state index contributed by atoms with van der Waals surface area (Å²) in [6, 6.07) is 4.42. The van der Waals surface area contributed by atoms with E-state index in [1.54, 1.807) is 9.80 Å². The number of amides is 3. The average molecular weight is 342 g/mol. The van der Waals surface area contributed by atoms with Gasteiger partial charge >= 0.3 is 6.03 Å². The van der Waals surface area contributed by atoms with Crippen LogP contribution in [0.4, 0.5) is 4.79 Å². The number of urea groups is 1. The van der Waals surface area contributed by atoms with Crippen LogP contribution in [0.15, 0.2) is 24.5 Å². The minimum absolute atomic E-state index is 0.0237. The molecule has 4 rings (SSSR count). The molecule has 134 valence electrons. The number of carbonyl (C=O) groups is 2. The minimum Gasteiger partial charge on any atom is -0.310 e. The minimum atomic E-state index is -0.585. The van der Waals surface area contributed by atoms with E-state index < -0.39 is 5.54 Å². The Balaban J connectivity index is 1.43. The van der Waals surface area contributed by atoms with E-state index in [0.717, 1.165) is 45.3 Å². The van der Waals surface area contributed by atoms with Crippen molar-refractivity contribution in [2.45, 2.75) is 57.2 Å². The number of likely N-dealkylation sites (tertiary alicyclic amines) is 1. The summed E-state index contributed by atoms with van der Waals surface area (Å²) in [7, 11) is 0. The van der Waals surface area contributed by atoms with Gasteiger partial charge in [-0.05, 0) is 57.2 Å². The van der Waals surface area contributed by atoms with Crippen LogP contribution in [0.2, 0.25) is 0 Å². The lowest BCUT2D eigenvalue weighted by molar-refractivity contribution is -0.134. The molecule has 1 aromatic heterocycles. The molecule has 0 bridgehead atoms. The molecule has 3 amide bonds. The van der Waals surface area contributed by atoms with Crippen molar-refractivity contribution in [2.75, 3.05) is 19.6 Å². The number of hydrogen-bond donors (Lipinski definition) is 0. The van der Waals surface area contributed by atoms with Gasteiger partial charge in [-0.3, -0.25) is 19.6 Å². The molecule has 0 unspecified atom stereocenters. The van der Waals surface area contributed by atoms with Gasteiger partial charge in [0, 0.05) is 44.1 Å². The zero-order chi connectivity index (χ0) is 17.6. The maximum atomic E-state index is 12.9. The Morgan fingerprint density at radius 3 is 2.48 bits per heavy atom. The third kappa shape index (κ3) is 2.54. The van der Waals surface area contributed by atoms with Crippen molar-refractivity contribution in [1.29, 1.82) is 0 Å². The van der Waals surface area contributed by atoms with Gasteiger partial charge in [-0.1, -0.05) is 0 Å². The second kappa shape index (κ2) is 6.09. The first kappa shape index (κ1) is 16.5. The smallest absolute Gasteiger partial charge is 0.310 e. The molecule has 6 nitrogen and oxygen atoms in total. The van der Waals surface area contributed by atoms with Crippen LogP contribution in [-0.4, -0.2) is 62.8 Å². The molecule has 3 aliphatic rings. The van der Waals surface area contributed by atoms with Crippen LogP contribution in [0.5, 0.6) is 0 Å². The topological polar surface area (TPSA) is 56.8 Å². The van der Waals surface area contributed by atoms with E-state index in [-0.39, 0.29) is 18.0 Å². The van der Waals surface area contributed by atoms with Crippen LogP contribution in [0, 0.1) is 0 Å². The van der Waals surface area contributed by atoms with E-state index in [9.17, 15) is 9.59 Å². The molecule has 1 aromatic rings. The van der Waals surface area contributed by atoms with E-state index in [1.807, 2.05) is 19.3 Å². The molecule has 3 fully saturated rings. The van der Waals surface area contributed by atoms with Crippen LogP contribution in [-0.2, 0) is 4.79 Å². The first-order valence-corrected chi connectivity index (χ1v) is 9.31. The van der Waals surface area contributed by atoms with Crippen molar-refractivity contribution in [3.05, 3.63) is 30.1 Å². The number of carbonyl (C=O) groups excluding carboxylic acids is 2. The van der Waals surface area contributed by atoms with Gasteiger partial charge in [-0.25, -0.2) is 4.79 Å². The second-order valence-corrected chi connectivity index (χ2v) is 7.71. The van der Waals surface area contributed by atoms with Crippen molar-refractivity contribution >= 4 is 11.9 Å². The molecule has 3 aliphatic heterocycles. The monoisotopic (exact) mass is 342 g/mol. The van der Waals surface area contributed by atoms with Crippen LogP contribution in [0.3, 0.4) is 0 Å². The van der Waals surface area contributed by atoms with E-state index >= 15 is 0 Å². The van der Waals surface area contributed by atoms with E-state index in [0.29, 0.717) is 6.04 Å². The molecular formula is C19H26N4O2. The summed E-state index contributed by atoms with van der Waals surface area (Å²) in [5.41, 5.74) is 0.674. The number of piperidine rings is 1. The zero-order valence-corrected chi connectivity index (χ0v) is 15.0. The Morgan fingerprint density at radius 2 is 1.84 bits per heavy atom. The van der Waals surface area contributed by atoms with Gasteiger partial charge in [-0.2, -0.15) is 0 Å². The molecule has 2 atom stereocenters. The first-order valence-electron chi connectivity index (χ1n) is 9.31. The molecule has 6 heteroatoms. The third-order valence-corrected chi connectivity index (χ3v) is 6.36. The Hall–Kier alpha value is -1.95.